The monoisotopic (exact) mass is 411 g/mol. The third kappa shape index (κ3) is 3.38. The SMILES string of the molecule is Cc1cc(C)c2oc3c(c(=O)c2c1)C(c1cccc(OCc2ccccc2)c1)NC3=O. The highest BCUT2D eigenvalue weighted by atomic mass is 16.5. The van der Waals surface area contributed by atoms with Crippen molar-refractivity contribution in [2.45, 2.75) is 26.5 Å². The van der Waals surface area contributed by atoms with Gasteiger partial charge in [0, 0.05) is 0 Å². The summed E-state index contributed by atoms with van der Waals surface area (Å²) in [6.45, 7) is 4.25. The zero-order valence-corrected chi connectivity index (χ0v) is 17.3. The van der Waals surface area contributed by atoms with E-state index in [-0.39, 0.29) is 17.1 Å². The minimum Gasteiger partial charge on any atom is -0.489 e. The Morgan fingerprint density at radius 2 is 1.77 bits per heavy atom. The molecular formula is C26H21NO4. The van der Waals surface area contributed by atoms with Gasteiger partial charge in [-0.2, -0.15) is 0 Å². The lowest BCUT2D eigenvalue weighted by molar-refractivity contribution is 0.0938. The maximum Gasteiger partial charge on any atom is 0.288 e. The number of nitrogens with one attached hydrogen (secondary N) is 1. The molecule has 1 amide bonds. The molecule has 0 saturated heterocycles. The van der Waals surface area contributed by atoms with Gasteiger partial charge in [-0.1, -0.05) is 48.5 Å². The summed E-state index contributed by atoms with van der Waals surface area (Å²) in [5.74, 6) is 0.376. The van der Waals surface area contributed by atoms with E-state index < -0.39 is 6.04 Å². The van der Waals surface area contributed by atoms with E-state index in [9.17, 15) is 9.59 Å². The summed E-state index contributed by atoms with van der Waals surface area (Å²) in [4.78, 5) is 26.0. The Morgan fingerprint density at radius 1 is 0.968 bits per heavy atom. The van der Waals surface area contributed by atoms with E-state index in [1.807, 2.05) is 80.6 Å². The minimum absolute atomic E-state index is 0.0880. The summed E-state index contributed by atoms with van der Waals surface area (Å²) in [6, 6.07) is 20.5. The Kier molecular flexibility index (Phi) is 4.59. The van der Waals surface area contributed by atoms with E-state index in [1.165, 1.54) is 0 Å². The fraction of sp³-hybridized carbons (Fsp3) is 0.154. The minimum atomic E-state index is -0.579. The zero-order valence-electron chi connectivity index (χ0n) is 17.3. The third-order valence-electron chi connectivity index (χ3n) is 5.57. The molecule has 0 aliphatic carbocycles. The van der Waals surface area contributed by atoms with Crippen molar-refractivity contribution >= 4 is 16.9 Å². The van der Waals surface area contributed by atoms with Crippen LogP contribution in [0.5, 0.6) is 5.75 Å². The molecule has 3 aromatic carbocycles. The molecule has 1 aliphatic heterocycles. The lowest BCUT2D eigenvalue weighted by atomic mass is 9.98. The van der Waals surface area contributed by atoms with E-state index >= 15 is 0 Å². The number of fused-ring (bicyclic) bond motifs is 2. The fourth-order valence-electron chi connectivity index (χ4n) is 4.14. The number of rotatable bonds is 4. The number of carbonyl (C=O) groups is 1. The molecule has 0 spiro atoms. The second-order valence-electron chi connectivity index (χ2n) is 7.89. The average Bonchev–Trinajstić information content (AvgIpc) is 3.11. The van der Waals surface area contributed by atoms with Crippen LogP contribution in [-0.2, 0) is 6.61 Å². The van der Waals surface area contributed by atoms with Gasteiger partial charge in [-0.15, -0.1) is 0 Å². The molecule has 1 N–H and O–H groups in total. The topological polar surface area (TPSA) is 68.5 Å². The van der Waals surface area contributed by atoms with Crippen molar-refractivity contribution in [3.63, 3.8) is 0 Å². The molecule has 1 aliphatic rings. The van der Waals surface area contributed by atoms with Gasteiger partial charge in [-0.05, 0) is 54.3 Å². The molecular weight excluding hydrogens is 390 g/mol. The summed E-state index contributed by atoms with van der Waals surface area (Å²) in [5.41, 5.74) is 4.28. The van der Waals surface area contributed by atoms with Crippen molar-refractivity contribution in [2.75, 3.05) is 0 Å². The molecule has 2 heterocycles. The second kappa shape index (κ2) is 7.43. The zero-order chi connectivity index (χ0) is 21.5. The molecule has 5 heteroatoms. The molecule has 1 aromatic heterocycles. The average molecular weight is 411 g/mol. The number of benzene rings is 3. The van der Waals surface area contributed by atoms with Crippen molar-refractivity contribution in [3.8, 4) is 5.75 Å². The van der Waals surface area contributed by atoms with Crippen LogP contribution in [0.4, 0.5) is 0 Å². The van der Waals surface area contributed by atoms with Gasteiger partial charge < -0.3 is 14.5 Å². The molecule has 1 unspecified atom stereocenters. The molecule has 0 radical (unpaired) electrons. The smallest absolute Gasteiger partial charge is 0.288 e. The van der Waals surface area contributed by atoms with Crippen LogP contribution in [-0.4, -0.2) is 5.91 Å². The lowest BCUT2D eigenvalue weighted by Gasteiger charge is -2.14. The van der Waals surface area contributed by atoms with Crippen LogP contribution in [0, 0.1) is 13.8 Å². The predicted molar refractivity (Wildman–Crippen MR) is 118 cm³/mol. The highest BCUT2D eigenvalue weighted by Crippen LogP contribution is 2.33. The van der Waals surface area contributed by atoms with Gasteiger partial charge >= 0.3 is 0 Å². The first kappa shape index (κ1) is 19.1. The van der Waals surface area contributed by atoms with E-state index in [0.29, 0.717) is 28.9 Å². The molecule has 0 bridgehead atoms. The van der Waals surface area contributed by atoms with Crippen LogP contribution in [0.3, 0.4) is 0 Å². The largest absolute Gasteiger partial charge is 0.489 e. The van der Waals surface area contributed by atoms with Gasteiger partial charge in [0.1, 0.15) is 17.9 Å². The van der Waals surface area contributed by atoms with E-state index in [4.69, 9.17) is 9.15 Å². The maximum absolute atomic E-state index is 13.4. The first-order valence-electron chi connectivity index (χ1n) is 10.2. The van der Waals surface area contributed by atoms with Gasteiger partial charge in [-0.25, -0.2) is 0 Å². The van der Waals surface area contributed by atoms with Gasteiger partial charge in [0.2, 0.25) is 5.76 Å². The highest BCUT2D eigenvalue weighted by Gasteiger charge is 2.36. The van der Waals surface area contributed by atoms with Gasteiger partial charge in [0.05, 0.1) is 17.0 Å². The normalized spacial score (nSPS) is 15.0. The summed E-state index contributed by atoms with van der Waals surface area (Å²) in [7, 11) is 0. The van der Waals surface area contributed by atoms with Crippen molar-refractivity contribution < 1.29 is 13.9 Å². The number of aryl methyl sites for hydroxylation is 2. The van der Waals surface area contributed by atoms with Crippen LogP contribution < -0.4 is 15.5 Å². The maximum atomic E-state index is 13.4. The molecule has 31 heavy (non-hydrogen) atoms. The number of carbonyl (C=O) groups excluding carboxylic acids is 1. The molecule has 4 aromatic rings. The summed E-state index contributed by atoms with van der Waals surface area (Å²) < 4.78 is 11.9. The van der Waals surface area contributed by atoms with Crippen LogP contribution in [0.15, 0.2) is 75.9 Å². The first-order valence-corrected chi connectivity index (χ1v) is 10.2. The molecule has 5 nitrogen and oxygen atoms in total. The van der Waals surface area contributed by atoms with Gasteiger partial charge in [-0.3, -0.25) is 9.59 Å². The van der Waals surface area contributed by atoms with Crippen LogP contribution >= 0.6 is 0 Å². The number of amides is 1. The molecule has 1 atom stereocenters. The number of hydrogen-bond donors (Lipinski definition) is 1. The van der Waals surface area contributed by atoms with Crippen LogP contribution in [0.25, 0.3) is 11.0 Å². The van der Waals surface area contributed by atoms with Crippen LogP contribution in [0.2, 0.25) is 0 Å². The Morgan fingerprint density at radius 3 is 2.58 bits per heavy atom. The quantitative estimate of drug-likeness (QED) is 0.523. The standard InChI is InChI=1S/C26H21NO4/c1-15-11-16(2)24-20(12-15)23(28)21-22(27-26(29)25(21)31-24)18-9-6-10-19(13-18)30-14-17-7-4-3-5-8-17/h3-13,22H,14H2,1-2H3,(H,27,29). The summed E-state index contributed by atoms with van der Waals surface area (Å²) >= 11 is 0. The van der Waals surface area contributed by atoms with Gasteiger partial charge in [0.15, 0.2) is 5.43 Å². The number of ether oxygens (including phenoxy) is 1. The van der Waals surface area contributed by atoms with Crippen molar-refractivity contribution in [2.24, 2.45) is 0 Å². The predicted octanol–water partition coefficient (Wildman–Crippen LogP) is 4.82. The summed E-state index contributed by atoms with van der Waals surface area (Å²) in [5, 5.41) is 3.39. The Hall–Kier alpha value is -3.86. The van der Waals surface area contributed by atoms with Crippen molar-refractivity contribution in [1.29, 1.82) is 0 Å². The third-order valence-corrected chi connectivity index (χ3v) is 5.57. The first-order chi connectivity index (χ1) is 15.0. The number of hydrogen-bond acceptors (Lipinski definition) is 4. The Labute approximate surface area is 179 Å². The lowest BCUT2D eigenvalue weighted by Crippen LogP contribution is -2.22. The van der Waals surface area contributed by atoms with Crippen LogP contribution in [0.1, 0.15) is 44.4 Å². The van der Waals surface area contributed by atoms with E-state index in [1.54, 1.807) is 0 Å². The van der Waals surface area contributed by atoms with E-state index in [0.717, 1.165) is 22.3 Å². The second-order valence-corrected chi connectivity index (χ2v) is 7.89. The van der Waals surface area contributed by atoms with Crippen molar-refractivity contribution in [3.05, 3.63) is 111 Å². The Balaban J connectivity index is 1.54. The highest BCUT2D eigenvalue weighted by molar-refractivity contribution is 5.99. The molecule has 5 rings (SSSR count). The van der Waals surface area contributed by atoms with E-state index in [2.05, 4.69) is 5.32 Å². The fourth-order valence-corrected chi connectivity index (χ4v) is 4.14. The van der Waals surface area contributed by atoms with Crippen molar-refractivity contribution in [1.82, 2.24) is 5.32 Å². The van der Waals surface area contributed by atoms with Gasteiger partial charge in [0.25, 0.3) is 5.91 Å². The molecule has 0 fully saturated rings. The summed E-state index contributed by atoms with van der Waals surface area (Å²) in [6.07, 6.45) is 0. The molecule has 0 saturated carbocycles. The Bertz CT molecular complexity index is 1370. The molecule has 154 valence electrons.